The first-order valence-electron chi connectivity index (χ1n) is 5.68. The molecule has 2 rings (SSSR count). The van der Waals surface area contributed by atoms with Gasteiger partial charge in [-0.2, -0.15) is 0 Å². The highest BCUT2D eigenvalue weighted by Crippen LogP contribution is 2.21. The van der Waals surface area contributed by atoms with E-state index in [2.05, 4.69) is 5.32 Å². The Balaban J connectivity index is 2.02. The Morgan fingerprint density at radius 2 is 1.94 bits per heavy atom. The molecule has 1 aromatic rings. The van der Waals surface area contributed by atoms with Crippen molar-refractivity contribution in [3.8, 4) is 0 Å². The number of hydrogen-bond donors (Lipinski definition) is 1. The van der Waals surface area contributed by atoms with Crippen molar-refractivity contribution >= 4 is 21.2 Å². The predicted octanol–water partition coefficient (Wildman–Crippen LogP) is 1.58. The van der Waals surface area contributed by atoms with Gasteiger partial charge in [-0.1, -0.05) is 6.07 Å². The summed E-state index contributed by atoms with van der Waals surface area (Å²) in [6.45, 7) is 0. The Morgan fingerprint density at radius 1 is 1.28 bits per heavy atom. The average Bonchev–Trinajstić information content (AvgIpc) is 2.32. The van der Waals surface area contributed by atoms with Crippen LogP contribution >= 0.6 is 0 Å². The first kappa shape index (κ1) is 12.8. The molecule has 1 saturated heterocycles. The SMILES string of the molecule is O=[N+]([O-])c1cccc(NC2CCS(=O)(=O)CC2)c1. The molecule has 0 aromatic heterocycles. The molecule has 1 fully saturated rings. The maximum atomic E-state index is 11.3. The van der Waals surface area contributed by atoms with E-state index in [4.69, 9.17) is 0 Å². The summed E-state index contributed by atoms with van der Waals surface area (Å²) in [4.78, 5) is 10.2. The van der Waals surface area contributed by atoms with Crippen LogP contribution in [-0.2, 0) is 9.84 Å². The first-order valence-corrected chi connectivity index (χ1v) is 7.50. The number of nitrogens with zero attached hydrogens (tertiary/aromatic N) is 1. The average molecular weight is 270 g/mol. The number of non-ortho nitro benzene ring substituents is 1. The lowest BCUT2D eigenvalue weighted by Gasteiger charge is -2.23. The number of anilines is 1. The number of nitro groups is 1. The molecule has 98 valence electrons. The largest absolute Gasteiger partial charge is 0.382 e. The lowest BCUT2D eigenvalue weighted by atomic mass is 10.1. The van der Waals surface area contributed by atoms with Gasteiger partial charge in [0.2, 0.25) is 0 Å². The molecule has 0 saturated carbocycles. The molecule has 6 nitrogen and oxygen atoms in total. The molecular weight excluding hydrogens is 256 g/mol. The molecule has 18 heavy (non-hydrogen) atoms. The van der Waals surface area contributed by atoms with E-state index in [9.17, 15) is 18.5 Å². The quantitative estimate of drug-likeness (QED) is 0.665. The Bertz CT molecular complexity index is 542. The number of benzene rings is 1. The maximum Gasteiger partial charge on any atom is 0.271 e. The van der Waals surface area contributed by atoms with Crippen LogP contribution < -0.4 is 5.32 Å². The van der Waals surface area contributed by atoms with Crippen LogP contribution in [0.1, 0.15) is 12.8 Å². The van der Waals surface area contributed by atoms with Crippen molar-refractivity contribution in [1.29, 1.82) is 0 Å². The van der Waals surface area contributed by atoms with Gasteiger partial charge in [0.25, 0.3) is 5.69 Å². The fourth-order valence-electron chi connectivity index (χ4n) is 1.98. The van der Waals surface area contributed by atoms with E-state index < -0.39 is 14.8 Å². The minimum Gasteiger partial charge on any atom is -0.382 e. The summed E-state index contributed by atoms with van der Waals surface area (Å²) in [5.74, 6) is 0.360. The number of nitrogens with one attached hydrogen (secondary N) is 1. The zero-order chi connectivity index (χ0) is 13.2. The van der Waals surface area contributed by atoms with Gasteiger partial charge in [0.1, 0.15) is 9.84 Å². The van der Waals surface area contributed by atoms with Gasteiger partial charge in [0, 0.05) is 23.9 Å². The fourth-order valence-corrected chi connectivity index (χ4v) is 3.47. The second-order valence-corrected chi connectivity index (χ2v) is 6.68. The highest BCUT2D eigenvalue weighted by Gasteiger charge is 2.23. The Kier molecular flexibility index (Phi) is 3.51. The van der Waals surface area contributed by atoms with E-state index in [-0.39, 0.29) is 23.2 Å². The van der Waals surface area contributed by atoms with E-state index in [1.54, 1.807) is 12.1 Å². The van der Waals surface area contributed by atoms with Crippen LogP contribution in [0.2, 0.25) is 0 Å². The zero-order valence-corrected chi connectivity index (χ0v) is 10.5. The molecule has 1 heterocycles. The van der Waals surface area contributed by atoms with Crippen molar-refractivity contribution in [1.82, 2.24) is 0 Å². The number of nitro benzene ring substituents is 1. The van der Waals surface area contributed by atoms with Gasteiger partial charge in [-0.15, -0.1) is 0 Å². The monoisotopic (exact) mass is 270 g/mol. The van der Waals surface area contributed by atoms with E-state index in [0.717, 1.165) is 0 Å². The van der Waals surface area contributed by atoms with Crippen LogP contribution in [0, 0.1) is 10.1 Å². The Labute approximate surface area is 105 Å². The van der Waals surface area contributed by atoms with E-state index in [0.29, 0.717) is 18.5 Å². The summed E-state index contributed by atoms with van der Waals surface area (Å²) in [6.07, 6.45) is 1.09. The van der Waals surface area contributed by atoms with Gasteiger partial charge < -0.3 is 5.32 Å². The van der Waals surface area contributed by atoms with Gasteiger partial charge in [-0.25, -0.2) is 8.42 Å². The van der Waals surface area contributed by atoms with E-state index in [1.807, 2.05) is 0 Å². The number of hydrogen-bond acceptors (Lipinski definition) is 5. The molecule has 7 heteroatoms. The van der Waals surface area contributed by atoms with Crippen LogP contribution in [0.15, 0.2) is 24.3 Å². The maximum absolute atomic E-state index is 11.3. The fraction of sp³-hybridized carbons (Fsp3) is 0.455. The van der Waals surface area contributed by atoms with Crippen molar-refractivity contribution in [3.63, 3.8) is 0 Å². The second-order valence-electron chi connectivity index (χ2n) is 4.38. The van der Waals surface area contributed by atoms with Crippen molar-refractivity contribution in [2.75, 3.05) is 16.8 Å². The standard InChI is InChI=1S/C11H14N2O4S/c14-13(15)11-3-1-2-10(8-11)12-9-4-6-18(16,17)7-5-9/h1-3,8-9,12H,4-7H2. The lowest BCUT2D eigenvalue weighted by Crippen LogP contribution is -2.32. The molecule has 0 spiro atoms. The highest BCUT2D eigenvalue weighted by molar-refractivity contribution is 7.91. The van der Waals surface area contributed by atoms with Crippen LogP contribution in [0.4, 0.5) is 11.4 Å². The lowest BCUT2D eigenvalue weighted by molar-refractivity contribution is -0.384. The molecule has 1 aliphatic heterocycles. The smallest absolute Gasteiger partial charge is 0.271 e. The number of rotatable bonds is 3. The third-order valence-corrected chi connectivity index (χ3v) is 4.70. The van der Waals surface area contributed by atoms with Gasteiger partial charge >= 0.3 is 0 Å². The summed E-state index contributed by atoms with van der Waals surface area (Å²) in [5.41, 5.74) is 0.692. The van der Waals surface area contributed by atoms with E-state index in [1.165, 1.54) is 12.1 Å². The summed E-state index contributed by atoms with van der Waals surface area (Å²) < 4.78 is 22.5. The molecule has 0 aliphatic carbocycles. The number of sulfone groups is 1. The van der Waals surface area contributed by atoms with Crippen molar-refractivity contribution in [2.45, 2.75) is 18.9 Å². The minimum absolute atomic E-state index is 0.0310. The van der Waals surface area contributed by atoms with Crippen molar-refractivity contribution in [2.24, 2.45) is 0 Å². The molecule has 1 aromatic carbocycles. The molecule has 0 atom stereocenters. The minimum atomic E-state index is -2.88. The van der Waals surface area contributed by atoms with Gasteiger partial charge in [0.15, 0.2) is 0 Å². The first-order chi connectivity index (χ1) is 8.46. The van der Waals surface area contributed by atoms with E-state index >= 15 is 0 Å². The van der Waals surface area contributed by atoms with Crippen LogP contribution in [0.5, 0.6) is 0 Å². The molecule has 1 N–H and O–H groups in total. The van der Waals surface area contributed by atoms with Crippen molar-refractivity contribution in [3.05, 3.63) is 34.4 Å². The Hall–Kier alpha value is -1.63. The molecule has 1 aliphatic rings. The van der Waals surface area contributed by atoms with Crippen LogP contribution in [0.25, 0.3) is 0 Å². The molecule has 0 radical (unpaired) electrons. The van der Waals surface area contributed by atoms with Crippen LogP contribution in [0.3, 0.4) is 0 Å². The van der Waals surface area contributed by atoms with Gasteiger partial charge in [-0.05, 0) is 18.9 Å². The third-order valence-electron chi connectivity index (χ3n) is 2.98. The summed E-state index contributed by atoms with van der Waals surface area (Å²) >= 11 is 0. The predicted molar refractivity (Wildman–Crippen MR) is 68.4 cm³/mol. The topological polar surface area (TPSA) is 89.3 Å². The highest BCUT2D eigenvalue weighted by atomic mass is 32.2. The molecule has 0 amide bonds. The zero-order valence-electron chi connectivity index (χ0n) is 9.70. The Morgan fingerprint density at radius 3 is 2.56 bits per heavy atom. The molecule has 0 unspecified atom stereocenters. The van der Waals surface area contributed by atoms with Gasteiger partial charge in [0.05, 0.1) is 16.4 Å². The van der Waals surface area contributed by atoms with Gasteiger partial charge in [-0.3, -0.25) is 10.1 Å². The summed E-state index contributed by atoms with van der Waals surface area (Å²) in [5, 5.41) is 13.8. The molecular formula is C11H14N2O4S. The van der Waals surface area contributed by atoms with Crippen molar-refractivity contribution < 1.29 is 13.3 Å². The summed E-state index contributed by atoms with van der Waals surface area (Å²) in [6, 6.07) is 6.31. The third kappa shape index (κ3) is 3.19. The molecule has 0 bridgehead atoms. The van der Waals surface area contributed by atoms with Crippen LogP contribution in [-0.4, -0.2) is 30.9 Å². The summed E-state index contributed by atoms with van der Waals surface area (Å²) in [7, 11) is -2.88. The normalized spacial score (nSPS) is 19.3. The second kappa shape index (κ2) is 4.93.